The summed E-state index contributed by atoms with van der Waals surface area (Å²) in [6.45, 7) is 0. The second kappa shape index (κ2) is 5.31. The molecule has 2 rings (SSSR count). The van der Waals surface area contributed by atoms with E-state index in [0.717, 1.165) is 18.2 Å². The SMILES string of the molecule is NS(=O)(=O)c1ccc(F)c(NC(=O)c2cnccn2)c1. The third-order valence-electron chi connectivity index (χ3n) is 2.31. The van der Waals surface area contributed by atoms with Crippen LogP contribution in [0.2, 0.25) is 0 Å². The van der Waals surface area contributed by atoms with Crippen LogP contribution in [0.5, 0.6) is 0 Å². The van der Waals surface area contributed by atoms with E-state index in [1.165, 1.54) is 18.6 Å². The quantitative estimate of drug-likeness (QED) is 0.856. The fraction of sp³-hybridized carbons (Fsp3) is 0. The van der Waals surface area contributed by atoms with Crippen molar-refractivity contribution >= 4 is 21.6 Å². The molecule has 0 saturated carbocycles. The highest BCUT2D eigenvalue weighted by Crippen LogP contribution is 2.19. The molecule has 3 N–H and O–H groups in total. The number of benzene rings is 1. The number of carbonyl (C=O) groups excluding carboxylic acids is 1. The minimum Gasteiger partial charge on any atom is -0.318 e. The maximum atomic E-state index is 13.5. The number of nitrogens with two attached hydrogens (primary N) is 1. The number of aromatic nitrogens is 2. The van der Waals surface area contributed by atoms with E-state index in [1.807, 2.05) is 0 Å². The molecular formula is C11H9FN4O3S. The van der Waals surface area contributed by atoms with Gasteiger partial charge in [-0.1, -0.05) is 0 Å². The summed E-state index contributed by atoms with van der Waals surface area (Å²) >= 11 is 0. The van der Waals surface area contributed by atoms with Crippen LogP contribution in [-0.4, -0.2) is 24.3 Å². The molecule has 7 nitrogen and oxygen atoms in total. The van der Waals surface area contributed by atoms with Gasteiger partial charge in [0.1, 0.15) is 11.5 Å². The van der Waals surface area contributed by atoms with Crippen molar-refractivity contribution in [3.8, 4) is 0 Å². The van der Waals surface area contributed by atoms with Gasteiger partial charge in [-0.25, -0.2) is 22.9 Å². The van der Waals surface area contributed by atoms with Gasteiger partial charge in [0, 0.05) is 12.4 Å². The zero-order valence-corrected chi connectivity index (χ0v) is 10.8. The first-order valence-electron chi connectivity index (χ1n) is 5.27. The molecule has 0 aliphatic rings. The van der Waals surface area contributed by atoms with Gasteiger partial charge in [0.05, 0.1) is 16.8 Å². The van der Waals surface area contributed by atoms with Crippen molar-refractivity contribution in [2.24, 2.45) is 5.14 Å². The highest BCUT2D eigenvalue weighted by Gasteiger charge is 2.14. The van der Waals surface area contributed by atoms with Gasteiger partial charge in [0.2, 0.25) is 10.0 Å². The molecule has 9 heteroatoms. The molecule has 0 atom stereocenters. The molecule has 1 amide bonds. The van der Waals surface area contributed by atoms with Gasteiger partial charge in [-0.15, -0.1) is 0 Å². The van der Waals surface area contributed by atoms with E-state index in [-0.39, 0.29) is 16.3 Å². The number of anilines is 1. The van der Waals surface area contributed by atoms with Crippen molar-refractivity contribution in [2.75, 3.05) is 5.32 Å². The average molecular weight is 296 g/mol. The first kappa shape index (κ1) is 14.0. The number of sulfonamides is 1. The molecule has 0 aliphatic carbocycles. The van der Waals surface area contributed by atoms with Crippen LogP contribution >= 0.6 is 0 Å². The van der Waals surface area contributed by atoms with Crippen molar-refractivity contribution in [2.45, 2.75) is 4.90 Å². The lowest BCUT2D eigenvalue weighted by molar-refractivity contribution is 0.102. The van der Waals surface area contributed by atoms with Crippen LogP contribution in [0.15, 0.2) is 41.7 Å². The van der Waals surface area contributed by atoms with E-state index in [0.29, 0.717) is 0 Å². The van der Waals surface area contributed by atoms with Crippen molar-refractivity contribution in [1.29, 1.82) is 0 Å². The molecule has 1 heterocycles. The van der Waals surface area contributed by atoms with E-state index in [9.17, 15) is 17.6 Å². The van der Waals surface area contributed by atoms with Gasteiger partial charge in [-0.3, -0.25) is 9.78 Å². The fourth-order valence-corrected chi connectivity index (χ4v) is 1.92. The minimum absolute atomic E-state index is 0.0343. The Hall–Kier alpha value is -2.39. The Morgan fingerprint density at radius 3 is 2.65 bits per heavy atom. The van der Waals surface area contributed by atoms with Gasteiger partial charge in [0.25, 0.3) is 5.91 Å². The van der Waals surface area contributed by atoms with E-state index in [4.69, 9.17) is 5.14 Å². The largest absolute Gasteiger partial charge is 0.318 e. The molecular weight excluding hydrogens is 287 g/mol. The fourth-order valence-electron chi connectivity index (χ4n) is 1.38. The number of hydrogen-bond donors (Lipinski definition) is 2. The van der Waals surface area contributed by atoms with Crippen LogP contribution in [0.4, 0.5) is 10.1 Å². The van der Waals surface area contributed by atoms with Crippen LogP contribution in [0.25, 0.3) is 0 Å². The standard InChI is InChI=1S/C11H9FN4O3S/c12-8-2-1-7(20(13,18)19)5-9(8)16-11(17)10-6-14-3-4-15-10/h1-6H,(H,16,17)(H2,13,18,19). The maximum Gasteiger partial charge on any atom is 0.275 e. The number of hydrogen-bond acceptors (Lipinski definition) is 5. The third-order valence-corrected chi connectivity index (χ3v) is 3.22. The van der Waals surface area contributed by atoms with Crippen molar-refractivity contribution < 1.29 is 17.6 Å². The molecule has 0 saturated heterocycles. The van der Waals surface area contributed by atoms with E-state index < -0.39 is 21.7 Å². The lowest BCUT2D eigenvalue weighted by Gasteiger charge is -2.07. The Bertz CT molecular complexity index is 750. The lowest BCUT2D eigenvalue weighted by Crippen LogP contribution is -2.16. The number of amides is 1. The van der Waals surface area contributed by atoms with Gasteiger partial charge < -0.3 is 5.32 Å². The zero-order chi connectivity index (χ0) is 14.8. The zero-order valence-electron chi connectivity index (χ0n) is 9.95. The molecule has 104 valence electrons. The monoisotopic (exact) mass is 296 g/mol. The van der Waals surface area contributed by atoms with Gasteiger partial charge >= 0.3 is 0 Å². The summed E-state index contributed by atoms with van der Waals surface area (Å²) < 4.78 is 35.9. The van der Waals surface area contributed by atoms with Crippen LogP contribution in [0.1, 0.15) is 10.5 Å². The summed E-state index contributed by atoms with van der Waals surface area (Å²) in [5.41, 5.74) is -0.347. The normalized spacial score (nSPS) is 11.1. The van der Waals surface area contributed by atoms with Crippen LogP contribution in [-0.2, 0) is 10.0 Å². The number of rotatable bonds is 3. The summed E-state index contributed by atoms with van der Waals surface area (Å²) in [6, 6.07) is 2.83. The highest BCUT2D eigenvalue weighted by molar-refractivity contribution is 7.89. The Morgan fingerprint density at radius 2 is 2.05 bits per heavy atom. The number of nitrogens with zero attached hydrogens (tertiary/aromatic N) is 2. The third kappa shape index (κ3) is 3.13. The molecule has 1 aromatic carbocycles. The molecule has 0 fully saturated rings. The van der Waals surface area contributed by atoms with Crippen molar-refractivity contribution in [3.05, 3.63) is 48.3 Å². The second-order valence-electron chi connectivity index (χ2n) is 3.73. The Morgan fingerprint density at radius 1 is 1.30 bits per heavy atom. The van der Waals surface area contributed by atoms with E-state index in [2.05, 4.69) is 15.3 Å². The number of nitrogens with one attached hydrogen (secondary N) is 1. The first-order chi connectivity index (χ1) is 9.38. The summed E-state index contributed by atoms with van der Waals surface area (Å²) in [5.74, 6) is -1.52. The van der Waals surface area contributed by atoms with Crippen LogP contribution < -0.4 is 10.5 Å². The van der Waals surface area contributed by atoms with E-state index >= 15 is 0 Å². The Labute approximate surface area is 113 Å². The molecule has 0 aliphatic heterocycles. The summed E-state index contributed by atoms with van der Waals surface area (Å²) in [7, 11) is -3.99. The van der Waals surface area contributed by atoms with Gasteiger partial charge in [-0.2, -0.15) is 0 Å². The second-order valence-corrected chi connectivity index (χ2v) is 5.29. The number of halogens is 1. The van der Waals surface area contributed by atoms with E-state index in [1.54, 1.807) is 0 Å². The Kier molecular flexibility index (Phi) is 3.72. The smallest absolute Gasteiger partial charge is 0.275 e. The van der Waals surface area contributed by atoms with Crippen LogP contribution in [0, 0.1) is 5.82 Å². The molecule has 2 aromatic rings. The maximum absolute atomic E-state index is 13.5. The summed E-state index contributed by atoms with van der Waals surface area (Å²) in [5, 5.41) is 7.13. The minimum atomic E-state index is -3.99. The molecule has 0 spiro atoms. The Balaban J connectivity index is 2.32. The predicted octanol–water partition coefficient (Wildman–Crippen LogP) is 0.515. The van der Waals surface area contributed by atoms with Gasteiger partial charge in [-0.05, 0) is 18.2 Å². The first-order valence-corrected chi connectivity index (χ1v) is 6.82. The molecule has 0 unspecified atom stereocenters. The van der Waals surface area contributed by atoms with Crippen LogP contribution in [0.3, 0.4) is 0 Å². The summed E-state index contributed by atoms with van der Waals surface area (Å²) in [4.78, 5) is 18.9. The van der Waals surface area contributed by atoms with Gasteiger partial charge in [0.15, 0.2) is 0 Å². The topological polar surface area (TPSA) is 115 Å². The number of carbonyl (C=O) groups is 1. The molecule has 0 radical (unpaired) electrons. The number of primary sulfonamides is 1. The summed E-state index contributed by atoms with van der Waals surface area (Å²) in [6.07, 6.45) is 3.86. The molecule has 0 bridgehead atoms. The molecule has 20 heavy (non-hydrogen) atoms. The average Bonchev–Trinajstić information content (AvgIpc) is 2.41. The molecule has 1 aromatic heterocycles. The van der Waals surface area contributed by atoms with Crippen molar-refractivity contribution in [1.82, 2.24) is 9.97 Å². The predicted molar refractivity (Wildman–Crippen MR) is 67.8 cm³/mol. The highest BCUT2D eigenvalue weighted by atomic mass is 32.2. The lowest BCUT2D eigenvalue weighted by atomic mass is 10.3. The van der Waals surface area contributed by atoms with Crippen molar-refractivity contribution in [3.63, 3.8) is 0 Å².